The number of carbonyl (C=O) groups excluding carboxylic acids is 1. The highest BCUT2D eigenvalue weighted by molar-refractivity contribution is 9.10. The quantitative estimate of drug-likeness (QED) is 0.858. The van der Waals surface area contributed by atoms with Crippen LogP contribution in [0.2, 0.25) is 0 Å². The first kappa shape index (κ1) is 16.6. The first-order valence-electron chi connectivity index (χ1n) is 5.91. The number of carboxylic acid groups (broad SMARTS) is 1. The van der Waals surface area contributed by atoms with Crippen molar-refractivity contribution in [2.75, 3.05) is 0 Å². The van der Waals surface area contributed by atoms with E-state index in [1.54, 1.807) is 6.92 Å². The Morgan fingerprint density at radius 1 is 1.35 bits per heavy atom. The van der Waals surface area contributed by atoms with Gasteiger partial charge in [0.1, 0.15) is 22.7 Å². The average molecular weight is 350 g/mol. The van der Waals surface area contributed by atoms with Crippen LogP contribution in [0.15, 0.2) is 16.6 Å². The van der Waals surface area contributed by atoms with Crippen LogP contribution in [0.3, 0.4) is 0 Å². The summed E-state index contributed by atoms with van der Waals surface area (Å²) in [6, 6.07) is 1.88. The van der Waals surface area contributed by atoms with Gasteiger partial charge < -0.3 is 10.4 Å². The highest BCUT2D eigenvalue weighted by Gasteiger charge is 2.35. The number of amides is 1. The Morgan fingerprint density at radius 3 is 2.25 bits per heavy atom. The van der Waals surface area contributed by atoms with Crippen molar-refractivity contribution in [3.63, 3.8) is 0 Å². The first-order valence-corrected chi connectivity index (χ1v) is 6.71. The van der Waals surface area contributed by atoms with Crippen molar-refractivity contribution in [3.05, 3.63) is 33.8 Å². The van der Waals surface area contributed by atoms with Crippen LogP contribution in [-0.2, 0) is 4.79 Å². The zero-order valence-electron chi connectivity index (χ0n) is 11.0. The van der Waals surface area contributed by atoms with E-state index in [9.17, 15) is 18.4 Å². The van der Waals surface area contributed by atoms with Gasteiger partial charge in [-0.2, -0.15) is 0 Å². The van der Waals surface area contributed by atoms with E-state index >= 15 is 0 Å². The van der Waals surface area contributed by atoms with Gasteiger partial charge >= 0.3 is 5.97 Å². The standard InChI is InChI=1S/C13H14BrF2NO3/c1-3-4-13(2,12(19)20)17-11(18)10-8(15)5-7(14)6-9(10)16/h5-6H,3-4H2,1-2H3,(H,17,18)(H,19,20). The van der Waals surface area contributed by atoms with E-state index in [0.717, 1.165) is 12.1 Å². The number of aliphatic carboxylic acids is 1. The fourth-order valence-corrected chi connectivity index (χ4v) is 2.20. The van der Waals surface area contributed by atoms with Crippen molar-refractivity contribution < 1.29 is 23.5 Å². The van der Waals surface area contributed by atoms with E-state index in [0.29, 0.717) is 6.42 Å². The SMILES string of the molecule is CCCC(C)(NC(=O)c1c(F)cc(Br)cc1F)C(=O)O. The zero-order chi connectivity index (χ0) is 15.5. The number of carbonyl (C=O) groups is 2. The number of rotatable bonds is 5. The molecular formula is C13H14BrF2NO3. The molecule has 2 N–H and O–H groups in total. The molecule has 0 saturated carbocycles. The molecule has 1 aromatic carbocycles. The summed E-state index contributed by atoms with van der Waals surface area (Å²) in [5, 5.41) is 11.3. The Labute approximate surface area is 123 Å². The van der Waals surface area contributed by atoms with Crippen molar-refractivity contribution in [2.24, 2.45) is 0 Å². The Bertz CT molecular complexity index is 527. The third-order valence-corrected chi connectivity index (χ3v) is 3.30. The lowest BCUT2D eigenvalue weighted by Crippen LogP contribution is -2.52. The van der Waals surface area contributed by atoms with E-state index < -0.39 is 34.6 Å². The fraction of sp³-hybridized carbons (Fsp3) is 0.385. The molecule has 1 rings (SSSR count). The average Bonchev–Trinajstić information content (AvgIpc) is 2.26. The molecule has 0 aliphatic rings. The van der Waals surface area contributed by atoms with E-state index in [1.165, 1.54) is 6.92 Å². The molecule has 7 heteroatoms. The van der Waals surface area contributed by atoms with Gasteiger partial charge in [-0.1, -0.05) is 29.3 Å². The molecule has 0 spiro atoms. The lowest BCUT2D eigenvalue weighted by molar-refractivity contribution is -0.144. The minimum atomic E-state index is -1.57. The molecule has 20 heavy (non-hydrogen) atoms. The molecule has 0 heterocycles. The lowest BCUT2D eigenvalue weighted by Gasteiger charge is -2.26. The Balaban J connectivity index is 3.10. The summed E-state index contributed by atoms with van der Waals surface area (Å²) < 4.78 is 27.4. The Hall–Kier alpha value is -1.50. The maximum Gasteiger partial charge on any atom is 0.329 e. The molecule has 0 radical (unpaired) electrons. The van der Waals surface area contributed by atoms with Gasteiger partial charge in [-0.25, -0.2) is 13.6 Å². The van der Waals surface area contributed by atoms with Gasteiger partial charge in [-0.05, 0) is 25.5 Å². The second-order valence-corrected chi connectivity index (χ2v) is 5.50. The van der Waals surface area contributed by atoms with Crippen LogP contribution >= 0.6 is 15.9 Å². The van der Waals surface area contributed by atoms with Crippen molar-refractivity contribution >= 4 is 27.8 Å². The van der Waals surface area contributed by atoms with Crippen LogP contribution in [0, 0.1) is 11.6 Å². The van der Waals surface area contributed by atoms with E-state index in [1.807, 2.05) is 0 Å². The normalized spacial score (nSPS) is 13.7. The number of nitrogens with one attached hydrogen (secondary N) is 1. The molecule has 1 amide bonds. The van der Waals surface area contributed by atoms with E-state index in [2.05, 4.69) is 21.2 Å². The topological polar surface area (TPSA) is 66.4 Å². The molecule has 0 saturated heterocycles. The molecule has 110 valence electrons. The minimum Gasteiger partial charge on any atom is -0.480 e. The number of hydrogen-bond donors (Lipinski definition) is 2. The van der Waals surface area contributed by atoms with Gasteiger partial charge in [-0.3, -0.25) is 4.79 Å². The van der Waals surface area contributed by atoms with E-state index in [4.69, 9.17) is 5.11 Å². The number of halogens is 3. The second-order valence-electron chi connectivity index (χ2n) is 4.59. The van der Waals surface area contributed by atoms with E-state index in [-0.39, 0.29) is 10.9 Å². The summed E-state index contributed by atoms with van der Waals surface area (Å²) >= 11 is 2.90. The number of benzene rings is 1. The lowest BCUT2D eigenvalue weighted by atomic mass is 9.95. The third kappa shape index (κ3) is 3.53. The Kier molecular flexibility index (Phi) is 5.21. The van der Waals surface area contributed by atoms with Crippen LogP contribution in [0.4, 0.5) is 8.78 Å². The van der Waals surface area contributed by atoms with Crippen LogP contribution < -0.4 is 5.32 Å². The maximum atomic E-state index is 13.6. The largest absolute Gasteiger partial charge is 0.480 e. The van der Waals surface area contributed by atoms with Crippen molar-refractivity contribution in [3.8, 4) is 0 Å². The van der Waals surface area contributed by atoms with Crippen molar-refractivity contribution in [2.45, 2.75) is 32.2 Å². The van der Waals surface area contributed by atoms with Gasteiger partial charge in [0, 0.05) is 4.47 Å². The zero-order valence-corrected chi connectivity index (χ0v) is 12.6. The predicted octanol–water partition coefficient (Wildman–Crippen LogP) is 3.10. The molecule has 0 aliphatic heterocycles. The summed E-state index contributed by atoms with van der Waals surface area (Å²) in [6.45, 7) is 3.04. The number of carboxylic acids is 1. The smallest absolute Gasteiger partial charge is 0.329 e. The molecule has 0 fully saturated rings. The minimum absolute atomic E-state index is 0.147. The third-order valence-electron chi connectivity index (χ3n) is 2.85. The molecule has 0 aliphatic carbocycles. The van der Waals surface area contributed by atoms with Gasteiger partial charge in [-0.15, -0.1) is 0 Å². The van der Waals surface area contributed by atoms with Gasteiger partial charge in [0.15, 0.2) is 0 Å². The Morgan fingerprint density at radius 2 is 1.85 bits per heavy atom. The molecule has 0 aromatic heterocycles. The summed E-state index contributed by atoms with van der Waals surface area (Å²) in [6.07, 6.45) is 0.641. The van der Waals surface area contributed by atoms with Gasteiger partial charge in [0.25, 0.3) is 5.91 Å². The van der Waals surface area contributed by atoms with Crippen LogP contribution in [0.25, 0.3) is 0 Å². The molecule has 4 nitrogen and oxygen atoms in total. The highest BCUT2D eigenvalue weighted by atomic mass is 79.9. The maximum absolute atomic E-state index is 13.6. The summed E-state index contributed by atoms with van der Waals surface area (Å²) in [7, 11) is 0. The van der Waals surface area contributed by atoms with Crippen molar-refractivity contribution in [1.29, 1.82) is 0 Å². The fourth-order valence-electron chi connectivity index (χ4n) is 1.80. The van der Waals surface area contributed by atoms with Gasteiger partial charge in [0.05, 0.1) is 0 Å². The summed E-state index contributed by atoms with van der Waals surface area (Å²) in [4.78, 5) is 23.1. The monoisotopic (exact) mass is 349 g/mol. The molecule has 1 atom stereocenters. The van der Waals surface area contributed by atoms with Crippen LogP contribution in [-0.4, -0.2) is 22.5 Å². The first-order chi connectivity index (χ1) is 9.21. The van der Waals surface area contributed by atoms with Crippen LogP contribution in [0.5, 0.6) is 0 Å². The summed E-state index contributed by atoms with van der Waals surface area (Å²) in [5.74, 6) is -4.46. The van der Waals surface area contributed by atoms with Crippen LogP contribution in [0.1, 0.15) is 37.0 Å². The summed E-state index contributed by atoms with van der Waals surface area (Å²) in [5.41, 5.74) is -2.37. The molecule has 1 aromatic rings. The molecule has 0 bridgehead atoms. The molecule has 1 unspecified atom stereocenters. The number of hydrogen-bond acceptors (Lipinski definition) is 2. The predicted molar refractivity (Wildman–Crippen MR) is 72.5 cm³/mol. The van der Waals surface area contributed by atoms with Gasteiger partial charge in [0.2, 0.25) is 0 Å². The highest BCUT2D eigenvalue weighted by Crippen LogP contribution is 2.21. The second kappa shape index (κ2) is 6.30. The van der Waals surface area contributed by atoms with Crippen molar-refractivity contribution in [1.82, 2.24) is 5.32 Å². The molecular weight excluding hydrogens is 336 g/mol.